The van der Waals surface area contributed by atoms with E-state index in [0.717, 1.165) is 56.4 Å². The summed E-state index contributed by atoms with van der Waals surface area (Å²) in [6.45, 7) is 3.98. The Labute approximate surface area is 291 Å². The van der Waals surface area contributed by atoms with Gasteiger partial charge in [-0.2, -0.15) is 10.2 Å². The first kappa shape index (κ1) is 31.2. The van der Waals surface area contributed by atoms with E-state index in [1.54, 1.807) is 0 Å². The molecule has 0 fully saturated rings. The predicted molar refractivity (Wildman–Crippen MR) is 201 cm³/mol. The first-order valence-corrected chi connectivity index (χ1v) is 16.4. The van der Waals surface area contributed by atoms with Gasteiger partial charge in [0.2, 0.25) is 0 Å². The van der Waals surface area contributed by atoms with Gasteiger partial charge in [0.25, 0.3) is 0 Å². The van der Waals surface area contributed by atoms with E-state index in [2.05, 4.69) is 24.3 Å². The van der Waals surface area contributed by atoms with Crippen molar-refractivity contribution in [3.8, 4) is 11.4 Å². The second-order valence-electron chi connectivity index (χ2n) is 11.2. The van der Waals surface area contributed by atoms with Gasteiger partial charge in [-0.1, -0.05) is 109 Å². The summed E-state index contributed by atoms with van der Waals surface area (Å²) >= 11 is 10.0. The Morgan fingerprint density at radius 2 is 0.771 bits per heavy atom. The van der Waals surface area contributed by atoms with Crippen molar-refractivity contribution in [3.63, 3.8) is 0 Å². The molecule has 7 aromatic rings. The smallest absolute Gasteiger partial charge is 0.107 e. The van der Waals surface area contributed by atoms with Crippen LogP contribution in [-0.4, -0.2) is 31.0 Å². The molecule has 0 N–H and O–H groups in total. The third-order valence-electron chi connectivity index (χ3n) is 7.99. The molecule has 0 saturated heterocycles. The van der Waals surface area contributed by atoms with Gasteiger partial charge in [-0.25, -0.2) is 19.3 Å². The minimum Gasteiger partial charge on any atom is -0.245 e. The van der Waals surface area contributed by atoms with Gasteiger partial charge in [0.15, 0.2) is 0 Å². The number of hydrogen-bond acceptors (Lipinski definition) is 6. The Balaban J connectivity index is 1.43. The maximum Gasteiger partial charge on any atom is 0.107 e. The molecule has 7 rings (SSSR count). The van der Waals surface area contributed by atoms with Crippen LogP contribution in [0.1, 0.15) is 33.6 Å². The summed E-state index contributed by atoms with van der Waals surface area (Å²) in [4.78, 5) is 10.7. The fourth-order valence-corrected chi connectivity index (χ4v) is 6.55. The van der Waals surface area contributed by atoms with E-state index in [0.29, 0.717) is 21.4 Å². The van der Waals surface area contributed by atoms with Gasteiger partial charge >= 0.3 is 0 Å². The first-order valence-electron chi connectivity index (χ1n) is 15.6. The van der Waals surface area contributed by atoms with E-state index in [9.17, 15) is 0 Å². The maximum absolute atomic E-state index is 5.33. The number of hydrogen-bond donors (Lipinski definition) is 2. The quantitative estimate of drug-likeness (QED) is 0.126. The minimum absolute atomic E-state index is 0.705. The van der Waals surface area contributed by atoms with Crippen LogP contribution >= 0.6 is 25.3 Å². The van der Waals surface area contributed by atoms with E-state index in [1.807, 2.05) is 145 Å². The molecule has 2 heterocycles. The van der Waals surface area contributed by atoms with Crippen molar-refractivity contribution in [1.29, 1.82) is 0 Å². The largest absolute Gasteiger partial charge is 0.245 e. The number of rotatable bonds is 8. The van der Waals surface area contributed by atoms with Crippen LogP contribution in [0.25, 0.3) is 11.4 Å². The molecule has 48 heavy (non-hydrogen) atoms. The zero-order valence-corrected chi connectivity index (χ0v) is 28.2. The van der Waals surface area contributed by atoms with Crippen LogP contribution in [0.4, 0.5) is 11.4 Å². The summed E-state index contributed by atoms with van der Waals surface area (Å²) in [5, 5.41) is 11.2. The Morgan fingerprint density at radius 3 is 1.12 bits per heavy atom. The highest BCUT2D eigenvalue weighted by atomic mass is 32.1. The highest BCUT2D eigenvalue weighted by molar-refractivity contribution is 7.80. The molecule has 0 bridgehead atoms. The van der Waals surface area contributed by atoms with Crippen LogP contribution < -0.4 is 0 Å². The van der Waals surface area contributed by atoms with Crippen molar-refractivity contribution in [3.05, 3.63) is 179 Å². The molecule has 0 aliphatic heterocycles. The number of aromatic nitrogens is 4. The topological polar surface area (TPSA) is 60.4 Å². The summed E-state index contributed by atoms with van der Waals surface area (Å²) in [7, 11) is 0. The summed E-state index contributed by atoms with van der Waals surface area (Å²) in [6.07, 6.45) is 0. The van der Waals surface area contributed by atoms with Crippen LogP contribution in [0.3, 0.4) is 0 Å². The molecule has 0 aliphatic carbocycles. The molecule has 0 amide bonds. The SMILES string of the molecule is Cc1nn(-c2ccccc2)c(S)c1C(=Nc1ccccc1N=C(c1ccccc1)c1c(C)nn(-c2ccccc2)c1S)c1ccccc1. The fourth-order valence-electron chi connectivity index (χ4n) is 5.70. The zero-order chi connectivity index (χ0) is 33.0. The molecule has 0 aliphatic rings. The number of thiol groups is 2. The normalized spacial score (nSPS) is 12.0. The highest BCUT2D eigenvalue weighted by Gasteiger charge is 2.23. The number of nitrogens with zero attached hydrogens (tertiary/aromatic N) is 6. The average molecular weight is 661 g/mol. The van der Waals surface area contributed by atoms with Crippen LogP contribution in [-0.2, 0) is 0 Å². The van der Waals surface area contributed by atoms with Gasteiger partial charge in [0.05, 0.1) is 56.7 Å². The lowest BCUT2D eigenvalue weighted by molar-refractivity contribution is 0.796. The second kappa shape index (κ2) is 13.7. The molecule has 8 heteroatoms. The lowest BCUT2D eigenvalue weighted by Gasteiger charge is -2.12. The number of benzene rings is 5. The van der Waals surface area contributed by atoms with Crippen molar-refractivity contribution < 1.29 is 0 Å². The van der Waals surface area contributed by atoms with Crippen LogP contribution in [0.5, 0.6) is 0 Å². The Kier molecular flexibility index (Phi) is 8.92. The molecule has 2 aromatic heterocycles. The maximum atomic E-state index is 5.33. The molecule has 5 aromatic carbocycles. The Morgan fingerprint density at radius 1 is 0.458 bits per heavy atom. The Hall–Kier alpha value is -5.44. The molecule has 0 radical (unpaired) electrons. The van der Waals surface area contributed by atoms with Crippen molar-refractivity contribution in [2.75, 3.05) is 0 Å². The summed E-state index contributed by atoms with van der Waals surface area (Å²) in [6, 6.07) is 48.2. The van der Waals surface area contributed by atoms with E-state index >= 15 is 0 Å². The summed E-state index contributed by atoms with van der Waals surface area (Å²) in [5.41, 5.74) is 10.0. The van der Waals surface area contributed by atoms with Crippen molar-refractivity contribution in [1.82, 2.24) is 19.6 Å². The molecule has 0 atom stereocenters. The monoisotopic (exact) mass is 660 g/mol. The van der Waals surface area contributed by atoms with Crippen molar-refractivity contribution in [2.45, 2.75) is 23.9 Å². The van der Waals surface area contributed by atoms with Gasteiger partial charge in [0.1, 0.15) is 10.1 Å². The first-order chi connectivity index (χ1) is 23.5. The third-order valence-corrected chi connectivity index (χ3v) is 8.81. The molecule has 0 spiro atoms. The van der Waals surface area contributed by atoms with Gasteiger partial charge in [-0.3, -0.25) is 0 Å². The lowest BCUT2D eigenvalue weighted by Crippen LogP contribution is -2.06. The number of para-hydroxylation sites is 4. The number of aryl methyl sites for hydroxylation is 2. The van der Waals surface area contributed by atoms with Gasteiger partial charge < -0.3 is 0 Å². The predicted octanol–water partition coefficient (Wildman–Crippen LogP) is 9.59. The molecular weight excluding hydrogens is 629 g/mol. The standard InChI is InChI=1S/C40H32N6S2/c1-27-35(39(47)45(43-27)31-21-11-5-12-22-31)37(29-17-7-3-8-18-29)41-33-25-15-16-26-34(33)42-38(30-19-9-4-10-20-30)36-28(2)44-46(40(36)48)32-23-13-6-14-24-32/h3-26,47-48H,1-2H3. The van der Waals surface area contributed by atoms with E-state index in [1.165, 1.54) is 0 Å². The third kappa shape index (κ3) is 6.15. The van der Waals surface area contributed by atoms with E-state index in [-0.39, 0.29) is 0 Å². The van der Waals surface area contributed by atoms with Crippen LogP contribution in [0.2, 0.25) is 0 Å². The highest BCUT2D eigenvalue weighted by Crippen LogP contribution is 2.34. The molecule has 6 nitrogen and oxygen atoms in total. The molecular formula is C40H32N6S2. The van der Waals surface area contributed by atoms with E-state index in [4.69, 9.17) is 45.4 Å². The van der Waals surface area contributed by atoms with E-state index < -0.39 is 0 Å². The van der Waals surface area contributed by atoms with Crippen LogP contribution in [0.15, 0.2) is 166 Å². The fraction of sp³-hybridized carbons (Fsp3) is 0.0500. The second-order valence-corrected chi connectivity index (χ2v) is 12.1. The molecule has 234 valence electrons. The molecule has 0 unspecified atom stereocenters. The van der Waals surface area contributed by atoms with Crippen molar-refractivity contribution >= 4 is 48.1 Å². The summed E-state index contributed by atoms with van der Waals surface area (Å²) in [5.74, 6) is 0. The lowest BCUT2D eigenvalue weighted by atomic mass is 10.0. The summed E-state index contributed by atoms with van der Waals surface area (Å²) < 4.78 is 3.70. The van der Waals surface area contributed by atoms with Crippen molar-refractivity contribution in [2.24, 2.45) is 9.98 Å². The zero-order valence-electron chi connectivity index (χ0n) is 26.4. The van der Waals surface area contributed by atoms with Gasteiger partial charge in [-0.15, -0.1) is 25.3 Å². The average Bonchev–Trinajstić information content (AvgIpc) is 3.60. The van der Waals surface area contributed by atoms with Crippen LogP contribution in [0, 0.1) is 13.8 Å². The van der Waals surface area contributed by atoms with Gasteiger partial charge in [0, 0.05) is 11.1 Å². The number of aliphatic imine (C=N–C) groups is 2. The Bertz CT molecular complexity index is 2090. The molecule has 0 saturated carbocycles. The van der Waals surface area contributed by atoms with Gasteiger partial charge in [-0.05, 0) is 50.2 Å². The minimum atomic E-state index is 0.705.